The SMILES string of the molecule is CC(C)(C)NCc1cccc(F)c1OCCn1ccnc1. The number of imidazole rings is 1. The van der Waals surface area contributed by atoms with Gasteiger partial charge in [0.1, 0.15) is 6.61 Å². The van der Waals surface area contributed by atoms with Gasteiger partial charge in [-0.1, -0.05) is 12.1 Å². The highest BCUT2D eigenvalue weighted by molar-refractivity contribution is 5.35. The van der Waals surface area contributed by atoms with Crippen LogP contribution in [0.4, 0.5) is 4.39 Å². The molecule has 0 aliphatic rings. The molecule has 0 atom stereocenters. The van der Waals surface area contributed by atoms with Crippen LogP contribution >= 0.6 is 0 Å². The number of rotatable bonds is 6. The number of para-hydroxylation sites is 1. The van der Waals surface area contributed by atoms with Gasteiger partial charge in [-0.05, 0) is 26.8 Å². The van der Waals surface area contributed by atoms with E-state index in [2.05, 4.69) is 31.1 Å². The summed E-state index contributed by atoms with van der Waals surface area (Å²) >= 11 is 0. The summed E-state index contributed by atoms with van der Waals surface area (Å²) in [5.41, 5.74) is 0.802. The monoisotopic (exact) mass is 291 g/mol. The van der Waals surface area contributed by atoms with E-state index in [1.54, 1.807) is 18.6 Å². The number of ether oxygens (including phenoxy) is 1. The van der Waals surface area contributed by atoms with Crippen LogP contribution in [0.3, 0.4) is 0 Å². The van der Waals surface area contributed by atoms with Crippen molar-refractivity contribution in [3.8, 4) is 5.75 Å². The first-order valence-electron chi connectivity index (χ1n) is 7.07. The van der Waals surface area contributed by atoms with Crippen molar-refractivity contribution in [1.82, 2.24) is 14.9 Å². The van der Waals surface area contributed by atoms with Gasteiger partial charge in [-0.15, -0.1) is 0 Å². The van der Waals surface area contributed by atoms with E-state index in [0.717, 1.165) is 5.56 Å². The van der Waals surface area contributed by atoms with E-state index in [9.17, 15) is 4.39 Å². The number of nitrogens with zero attached hydrogens (tertiary/aromatic N) is 2. The van der Waals surface area contributed by atoms with Crippen molar-refractivity contribution in [2.24, 2.45) is 0 Å². The van der Waals surface area contributed by atoms with Gasteiger partial charge in [0.25, 0.3) is 0 Å². The lowest BCUT2D eigenvalue weighted by atomic mass is 10.1. The average Bonchev–Trinajstić information content (AvgIpc) is 2.91. The van der Waals surface area contributed by atoms with Gasteiger partial charge in [0.2, 0.25) is 0 Å². The Bertz CT molecular complexity index is 561. The van der Waals surface area contributed by atoms with Crippen molar-refractivity contribution in [2.45, 2.75) is 39.4 Å². The quantitative estimate of drug-likeness (QED) is 0.889. The van der Waals surface area contributed by atoms with E-state index in [-0.39, 0.29) is 11.4 Å². The van der Waals surface area contributed by atoms with Crippen molar-refractivity contribution < 1.29 is 9.13 Å². The van der Waals surface area contributed by atoms with Crippen molar-refractivity contribution in [3.63, 3.8) is 0 Å². The zero-order chi connectivity index (χ0) is 15.3. The van der Waals surface area contributed by atoms with E-state index < -0.39 is 0 Å². The molecule has 0 aliphatic carbocycles. The van der Waals surface area contributed by atoms with E-state index in [1.165, 1.54) is 6.07 Å². The van der Waals surface area contributed by atoms with Crippen LogP contribution in [0.2, 0.25) is 0 Å². The first kappa shape index (κ1) is 15.5. The Morgan fingerprint density at radius 2 is 2.14 bits per heavy atom. The Morgan fingerprint density at radius 3 is 2.81 bits per heavy atom. The van der Waals surface area contributed by atoms with Gasteiger partial charge in [-0.25, -0.2) is 9.37 Å². The molecule has 0 bridgehead atoms. The highest BCUT2D eigenvalue weighted by Gasteiger charge is 2.13. The van der Waals surface area contributed by atoms with Crippen molar-refractivity contribution in [2.75, 3.05) is 6.61 Å². The summed E-state index contributed by atoms with van der Waals surface area (Å²) in [5, 5.41) is 3.35. The molecule has 1 N–H and O–H groups in total. The maximum atomic E-state index is 14.0. The van der Waals surface area contributed by atoms with E-state index in [0.29, 0.717) is 25.4 Å². The molecule has 1 aromatic carbocycles. The predicted molar refractivity (Wildman–Crippen MR) is 80.7 cm³/mol. The molecular weight excluding hydrogens is 269 g/mol. The fourth-order valence-corrected chi connectivity index (χ4v) is 1.89. The summed E-state index contributed by atoms with van der Waals surface area (Å²) in [4.78, 5) is 3.96. The lowest BCUT2D eigenvalue weighted by Crippen LogP contribution is -2.35. The minimum absolute atomic E-state index is 0.0274. The summed E-state index contributed by atoms with van der Waals surface area (Å²) in [6.07, 6.45) is 5.28. The normalized spacial score (nSPS) is 11.6. The van der Waals surface area contributed by atoms with Gasteiger partial charge in [0, 0.05) is 30.0 Å². The van der Waals surface area contributed by atoms with Crippen LogP contribution < -0.4 is 10.1 Å². The molecule has 0 unspecified atom stereocenters. The van der Waals surface area contributed by atoms with Gasteiger partial charge in [0.15, 0.2) is 11.6 Å². The van der Waals surface area contributed by atoms with Crippen LogP contribution in [0.25, 0.3) is 0 Å². The van der Waals surface area contributed by atoms with Crippen LogP contribution in [0, 0.1) is 5.82 Å². The second-order valence-corrected chi connectivity index (χ2v) is 5.98. The molecule has 1 heterocycles. The van der Waals surface area contributed by atoms with Crippen molar-refractivity contribution >= 4 is 0 Å². The molecule has 114 valence electrons. The number of benzene rings is 1. The zero-order valence-electron chi connectivity index (χ0n) is 12.8. The maximum absolute atomic E-state index is 14.0. The fourth-order valence-electron chi connectivity index (χ4n) is 1.89. The van der Waals surface area contributed by atoms with Gasteiger partial charge in [-0.2, -0.15) is 0 Å². The molecule has 0 fully saturated rings. The summed E-state index contributed by atoms with van der Waals surface area (Å²) in [6.45, 7) is 7.84. The van der Waals surface area contributed by atoms with Crippen LogP contribution in [-0.2, 0) is 13.1 Å². The third-order valence-corrected chi connectivity index (χ3v) is 3.01. The number of hydrogen-bond acceptors (Lipinski definition) is 3. The molecule has 5 heteroatoms. The molecule has 0 saturated heterocycles. The average molecular weight is 291 g/mol. The first-order chi connectivity index (χ1) is 9.96. The van der Waals surface area contributed by atoms with E-state index >= 15 is 0 Å². The second-order valence-electron chi connectivity index (χ2n) is 5.98. The Labute approximate surface area is 125 Å². The van der Waals surface area contributed by atoms with Crippen LogP contribution in [0.1, 0.15) is 26.3 Å². The molecule has 1 aromatic heterocycles. The van der Waals surface area contributed by atoms with Crippen LogP contribution in [0.5, 0.6) is 5.75 Å². The number of hydrogen-bond donors (Lipinski definition) is 1. The van der Waals surface area contributed by atoms with Gasteiger partial charge in [-0.3, -0.25) is 0 Å². The largest absolute Gasteiger partial charge is 0.488 e. The third kappa shape index (κ3) is 4.86. The zero-order valence-corrected chi connectivity index (χ0v) is 12.8. The lowest BCUT2D eigenvalue weighted by molar-refractivity contribution is 0.279. The van der Waals surface area contributed by atoms with Crippen molar-refractivity contribution in [3.05, 3.63) is 48.3 Å². The highest BCUT2D eigenvalue weighted by Crippen LogP contribution is 2.23. The molecule has 0 radical (unpaired) electrons. The minimum Gasteiger partial charge on any atom is -0.488 e. The lowest BCUT2D eigenvalue weighted by Gasteiger charge is -2.22. The molecule has 0 aliphatic heterocycles. The predicted octanol–water partition coefficient (Wildman–Crippen LogP) is 2.99. The standard InChI is InChI=1S/C16H22FN3O/c1-16(2,3)19-11-13-5-4-6-14(17)15(13)21-10-9-20-8-7-18-12-20/h4-8,12,19H,9-11H2,1-3H3. The van der Waals surface area contributed by atoms with Crippen molar-refractivity contribution in [1.29, 1.82) is 0 Å². The van der Waals surface area contributed by atoms with E-state index in [1.807, 2.05) is 16.8 Å². The second kappa shape index (κ2) is 6.72. The van der Waals surface area contributed by atoms with Crippen LogP contribution in [0.15, 0.2) is 36.9 Å². The Hall–Kier alpha value is -1.88. The molecule has 0 spiro atoms. The Morgan fingerprint density at radius 1 is 1.33 bits per heavy atom. The van der Waals surface area contributed by atoms with Gasteiger partial charge >= 0.3 is 0 Å². The molecule has 2 aromatic rings. The summed E-state index contributed by atoms with van der Waals surface area (Å²) in [7, 11) is 0. The molecular formula is C16H22FN3O. The molecule has 0 amide bonds. The Kier molecular flexibility index (Phi) is 4.96. The topological polar surface area (TPSA) is 39.1 Å². The molecule has 21 heavy (non-hydrogen) atoms. The summed E-state index contributed by atoms with van der Waals surface area (Å²) in [6, 6.07) is 5.01. The molecule has 4 nitrogen and oxygen atoms in total. The smallest absolute Gasteiger partial charge is 0.165 e. The number of nitrogens with one attached hydrogen (secondary N) is 1. The summed E-state index contributed by atoms with van der Waals surface area (Å²) in [5.74, 6) is 0.00297. The first-order valence-corrected chi connectivity index (χ1v) is 7.07. The summed E-state index contributed by atoms with van der Waals surface area (Å²) < 4.78 is 21.5. The fraction of sp³-hybridized carbons (Fsp3) is 0.438. The molecule has 0 saturated carbocycles. The van der Waals surface area contributed by atoms with Gasteiger partial charge in [0.05, 0.1) is 12.9 Å². The molecule has 2 rings (SSSR count). The maximum Gasteiger partial charge on any atom is 0.165 e. The highest BCUT2D eigenvalue weighted by atomic mass is 19.1. The Balaban J connectivity index is 1.99. The van der Waals surface area contributed by atoms with E-state index in [4.69, 9.17) is 4.74 Å². The number of halogens is 1. The number of aromatic nitrogens is 2. The minimum atomic E-state index is -0.325. The third-order valence-electron chi connectivity index (χ3n) is 3.01. The van der Waals surface area contributed by atoms with Gasteiger partial charge < -0.3 is 14.6 Å². The van der Waals surface area contributed by atoms with Crippen LogP contribution in [-0.4, -0.2) is 21.7 Å².